The number of aryl methyl sites for hydroxylation is 1. The van der Waals surface area contributed by atoms with Gasteiger partial charge in [0.15, 0.2) is 0 Å². The summed E-state index contributed by atoms with van der Waals surface area (Å²) in [5, 5.41) is 4.28. The molecule has 1 atom stereocenters. The highest BCUT2D eigenvalue weighted by Crippen LogP contribution is 2.23. The quantitative estimate of drug-likeness (QED) is 0.353. The van der Waals surface area contributed by atoms with Crippen LogP contribution in [0.25, 0.3) is 0 Å². The Balaban J connectivity index is 1.89. The molecule has 0 fully saturated rings. The number of esters is 1. The Morgan fingerprint density at radius 1 is 1.12 bits per heavy atom. The van der Waals surface area contributed by atoms with Crippen molar-refractivity contribution in [3.8, 4) is 0 Å². The number of hydrogen-bond acceptors (Lipinski definition) is 4. The van der Waals surface area contributed by atoms with Crippen LogP contribution in [0.3, 0.4) is 0 Å². The molecule has 1 aromatic heterocycles. The smallest absolute Gasteiger partial charge is 0.326 e. The molecular weight excluding hydrogens is 434 g/mol. The van der Waals surface area contributed by atoms with Crippen LogP contribution in [0.1, 0.15) is 55.8 Å². The average molecular weight is 468 g/mol. The van der Waals surface area contributed by atoms with E-state index in [0.29, 0.717) is 25.9 Å². The molecule has 0 aliphatic heterocycles. The van der Waals surface area contributed by atoms with Crippen molar-refractivity contribution in [1.82, 2.24) is 14.9 Å². The predicted molar refractivity (Wildman–Crippen MR) is 133 cm³/mol. The summed E-state index contributed by atoms with van der Waals surface area (Å²) in [5.74, 6) is 0.786. The summed E-state index contributed by atoms with van der Waals surface area (Å²) in [6.07, 6.45) is 6.15. The number of ether oxygens (including phenoxy) is 1. The predicted octanol–water partition coefficient (Wildman–Crippen LogP) is 5.58. The standard InChI is InChI=1S/C27H34ClN3O2/c1-4-6-16-25-29-18-23(31(25)20-22-14-10-11-15-24(22)28)19-30-27(5-2,26(32)33-3)17-21-12-8-7-9-13-21/h7-15,18,30H,4-6,16-17,19-20H2,1-3H3/t27-/m0/s1. The molecule has 0 saturated heterocycles. The molecule has 0 saturated carbocycles. The monoisotopic (exact) mass is 467 g/mol. The highest BCUT2D eigenvalue weighted by Gasteiger charge is 2.38. The lowest BCUT2D eigenvalue weighted by Crippen LogP contribution is -2.53. The number of methoxy groups -OCH3 is 1. The minimum atomic E-state index is -0.820. The van der Waals surface area contributed by atoms with Gasteiger partial charge in [0.05, 0.1) is 19.3 Å². The van der Waals surface area contributed by atoms with Crippen LogP contribution in [0, 0.1) is 0 Å². The molecular formula is C27H34ClN3O2. The van der Waals surface area contributed by atoms with E-state index >= 15 is 0 Å². The Morgan fingerprint density at radius 2 is 1.85 bits per heavy atom. The number of benzene rings is 2. The van der Waals surface area contributed by atoms with E-state index in [1.807, 2.05) is 67.7 Å². The van der Waals surface area contributed by atoms with Gasteiger partial charge in [-0.2, -0.15) is 0 Å². The summed E-state index contributed by atoms with van der Waals surface area (Å²) in [6, 6.07) is 17.9. The van der Waals surface area contributed by atoms with Gasteiger partial charge < -0.3 is 9.30 Å². The van der Waals surface area contributed by atoms with Gasteiger partial charge in [-0.15, -0.1) is 0 Å². The van der Waals surface area contributed by atoms with Gasteiger partial charge in [0, 0.05) is 30.6 Å². The first kappa shape index (κ1) is 25.0. The number of halogens is 1. The maximum Gasteiger partial charge on any atom is 0.326 e. The van der Waals surface area contributed by atoms with Gasteiger partial charge in [0.25, 0.3) is 0 Å². The average Bonchev–Trinajstić information content (AvgIpc) is 3.23. The summed E-state index contributed by atoms with van der Waals surface area (Å²) in [7, 11) is 1.45. The number of carbonyl (C=O) groups is 1. The van der Waals surface area contributed by atoms with E-state index in [1.165, 1.54) is 7.11 Å². The lowest BCUT2D eigenvalue weighted by atomic mass is 9.88. The Bertz CT molecular complexity index is 1030. The molecule has 6 heteroatoms. The fraction of sp³-hybridized carbons (Fsp3) is 0.407. The SMILES string of the molecule is CCCCc1ncc(CN[C@@](CC)(Cc2ccccc2)C(=O)OC)n1Cc1ccccc1Cl. The molecule has 3 aromatic rings. The van der Waals surface area contributed by atoms with Gasteiger partial charge in [-0.3, -0.25) is 10.1 Å². The number of carbonyl (C=O) groups excluding carboxylic acids is 1. The van der Waals surface area contributed by atoms with Crippen LogP contribution in [0.15, 0.2) is 60.8 Å². The Hall–Kier alpha value is -2.63. The van der Waals surface area contributed by atoms with Crippen molar-refractivity contribution in [2.24, 2.45) is 0 Å². The molecule has 0 unspecified atom stereocenters. The largest absolute Gasteiger partial charge is 0.468 e. The number of nitrogens with zero attached hydrogens (tertiary/aromatic N) is 2. The zero-order valence-electron chi connectivity index (χ0n) is 19.8. The van der Waals surface area contributed by atoms with Crippen LogP contribution < -0.4 is 5.32 Å². The number of hydrogen-bond donors (Lipinski definition) is 1. The third kappa shape index (κ3) is 6.24. The molecule has 0 amide bonds. The summed E-state index contributed by atoms with van der Waals surface area (Å²) >= 11 is 6.46. The van der Waals surface area contributed by atoms with E-state index in [9.17, 15) is 4.79 Å². The van der Waals surface area contributed by atoms with Crippen molar-refractivity contribution >= 4 is 17.6 Å². The molecule has 1 N–H and O–H groups in total. The van der Waals surface area contributed by atoms with Crippen molar-refractivity contribution in [3.05, 3.63) is 88.5 Å². The fourth-order valence-corrected chi connectivity index (χ4v) is 4.32. The molecule has 5 nitrogen and oxygen atoms in total. The Labute approximate surface area is 202 Å². The number of imidazole rings is 1. The van der Waals surface area contributed by atoms with E-state index in [4.69, 9.17) is 21.3 Å². The molecule has 0 bridgehead atoms. The van der Waals surface area contributed by atoms with Crippen LogP contribution in [0.4, 0.5) is 0 Å². The zero-order chi connectivity index (χ0) is 23.7. The van der Waals surface area contributed by atoms with Crippen molar-refractivity contribution < 1.29 is 9.53 Å². The Kier molecular flexibility index (Phi) is 9.10. The lowest BCUT2D eigenvalue weighted by molar-refractivity contribution is -0.149. The topological polar surface area (TPSA) is 56.1 Å². The first-order valence-electron chi connectivity index (χ1n) is 11.7. The van der Waals surface area contributed by atoms with E-state index in [-0.39, 0.29) is 5.97 Å². The first-order valence-corrected chi connectivity index (χ1v) is 12.0. The van der Waals surface area contributed by atoms with Gasteiger partial charge in [0.2, 0.25) is 0 Å². The molecule has 0 radical (unpaired) electrons. The van der Waals surface area contributed by atoms with Crippen molar-refractivity contribution in [2.45, 2.75) is 64.6 Å². The second-order valence-corrected chi connectivity index (χ2v) is 8.80. The number of nitrogens with one attached hydrogen (secondary N) is 1. The first-order chi connectivity index (χ1) is 16.0. The second-order valence-electron chi connectivity index (χ2n) is 8.39. The van der Waals surface area contributed by atoms with Crippen LogP contribution in [0.5, 0.6) is 0 Å². The van der Waals surface area contributed by atoms with Gasteiger partial charge in [-0.25, -0.2) is 4.98 Å². The van der Waals surface area contributed by atoms with Gasteiger partial charge in [0.1, 0.15) is 11.4 Å². The normalized spacial score (nSPS) is 13.0. The van der Waals surface area contributed by atoms with Crippen LogP contribution in [-0.4, -0.2) is 28.2 Å². The van der Waals surface area contributed by atoms with E-state index in [0.717, 1.165) is 46.9 Å². The third-order valence-electron chi connectivity index (χ3n) is 6.20. The second kappa shape index (κ2) is 12.0. The Morgan fingerprint density at radius 3 is 2.52 bits per heavy atom. The van der Waals surface area contributed by atoms with E-state index in [2.05, 4.69) is 16.8 Å². The summed E-state index contributed by atoms with van der Waals surface area (Å²) in [5.41, 5.74) is 2.34. The minimum absolute atomic E-state index is 0.253. The van der Waals surface area contributed by atoms with Crippen molar-refractivity contribution in [1.29, 1.82) is 0 Å². The maximum atomic E-state index is 12.9. The van der Waals surface area contributed by atoms with E-state index < -0.39 is 5.54 Å². The lowest BCUT2D eigenvalue weighted by Gasteiger charge is -2.31. The van der Waals surface area contributed by atoms with Crippen LogP contribution in [0.2, 0.25) is 5.02 Å². The summed E-state index contributed by atoms with van der Waals surface area (Å²) in [6.45, 7) is 5.34. The zero-order valence-corrected chi connectivity index (χ0v) is 20.6. The van der Waals surface area contributed by atoms with Crippen molar-refractivity contribution in [3.63, 3.8) is 0 Å². The van der Waals surface area contributed by atoms with Crippen molar-refractivity contribution in [2.75, 3.05) is 7.11 Å². The van der Waals surface area contributed by atoms with Gasteiger partial charge >= 0.3 is 5.97 Å². The van der Waals surface area contributed by atoms with Gasteiger partial charge in [-0.05, 0) is 30.0 Å². The third-order valence-corrected chi connectivity index (χ3v) is 6.57. The summed E-state index contributed by atoms with van der Waals surface area (Å²) < 4.78 is 7.45. The molecule has 0 spiro atoms. The molecule has 176 valence electrons. The number of aromatic nitrogens is 2. The molecule has 0 aliphatic carbocycles. The molecule has 33 heavy (non-hydrogen) atoms. The molecule has 1 heterocycles. The number of rotatable bonds is 12. The van der Waals surface area contributed by atoms with Gasteiger partial charge in [-0.1, -0.05) is 80.4 Å². The summed E-state index contributed by atoms with van der Waals surface area (Å²) in [4.78, 5) is 17.7. The fourth-order valence-electron chi connectivity index (χ4n) is 4.12. The van der Waals surface area contributed by atoms with Crippen LogP contribution >= 0.6 is 11.6 Å². The number of unbranched alkanes of at least 4 members (excludes halogenated alkanes) is 1. The molecule has 2 aromatic carbocycles. The highest BCUT2D eigenvalue weighted by atomic mass is 35.5. The van der Waals surface area contributed by atoms with E-state index in [1.54, 1.807) is 0 Å². The minimum Gasteiger partial charge on any atom is -0.468 e. The maximum absolute atomic E-state index is 12.9. The van der Waals surface area contributed by atoms with Crippen LogP contribution in [-0.2, 0) is 35.5 Å². The highest BCUT2D eigenvalue weighted by molar-refractivity contribution is 6.31. The molecule has 0 aliphatic rings. The molecule has 3 rings (SSSR count).